The van der Waals surface area contributed by atoms with E-state index in [1.807, 2.05) is 53.6 Å². The van der Waals surface area contributed by atoms with Crippen LogP contribution in [0.4, 0.5) is 31.8 Å². The fraction of sp³-hybridized carbons (Fsp3) is 0.489. The summed E-state index contributed by atoms with van der Waals surface area (Å²) in [6.45, 7) is 4.19. The summed E-state index contributed by atoms with van der Waals surface area (Å²) in [6.07, 6.45) is 17.0. The van der Waals surface area contributed by atoms with Crippen LogP contribution >= 0.6 is 0 Å². The number of benzene rings is 2. The van der Waals surface area contributed by atoms with Gasteiger partial charge in [-0.1, -0.05) is 18.2 Å². The number of ether oxygens (including phenoxy) is 1. The van der Waals surface area contributed by atoms with Crippen molar-refractivity contribution in [1.29, 1.82) is 0 Å². The van der Waals surface area contributed by atoms with Crippen LogP contribution in [0.1, 0.15) is 64.2 Å². The van der Waals surface area contributed by atoms with Gasteiger partial charge in [0.05, 0.1) is 11.9 Å². The highest BCUT2D eigenvalue weighted by molar-refractivity contribution is 6.01. The minimum atomic E-state index is -0.552. The minimum absolute atomic E-state index is 0.0644. The van der Waals surface area contributed by atoms with Gasteiger partial charge in [-0.05, 0) is 106 Å². The SMILES string of the molecule is O=C1CCC(Nc2ccc(N3CCC(N4CC5(CC(C(=O)NC6CCC(Nc7ncc(F)c(-c8cccc(N9C=CC=CC9%10CO%10)c8)n7)CC6)C5)C4)CC3)c(F)c2)C(=O)N1. The summed E-state index contributed by atoms with van der Waals surface area (Å²) in [5.41, 5.74) is 2.67. The molecular weight excluding hydrogens is 769 g/mol. The van der Waals surface area contributed by atoms with Crippen LogP contribution in [0.2, 0.25) is 0 Å². The first-order chi connectivity index (χ1) is 29.1. The summed E-state index contributed by atoms with van der Waals surface area (Å²) in [7, 11) is 0. The number of amides is 3. The zero-order valence-corrected chi connectivity index (χ0v) is 33.5. The minimum Gasteiger partial charge on any atom is -0.374 e. The molecule has 60 heavy (non-hydrogen) atoms. The van der Waals surface area contributed by atoms with Gasteiger partial charge in [0, 0.05) is 79.8 Å². The van der Waals surface area contributed by atoms with Crippen molar-refractivity contribution in [3.8, 4) is 11.3 Å². The summed E-state index contributed by atoms with van der Waals surface area (Å²) in [5.74, 6) is -0.828. The monoisotopic (exact) mass is 819 g/mol. The van der Waals surface area contributed by atoms with Crippen LogP contribution in [0.25, 0.3) is 11.3 Å². The summed E-state index contributed by atoms with van der Waals surface area (Å²) >= 11 is 0. The van der Waals surface area contributed by atoms with E-state index < -0.39 is 17.6 Å². The van der Waals surface area contributed by atoms with Crippen molar-refractivity contribution in [2.75, 3.05) is 53.2 Å². The molecule has 5 aliphatic heterocycles. The molecule has 4 N–H and O–H groups in total. The number of piperidine rings is 2. The van der Waals surface area contributed by atoms with Gasteiger partial charge >= 0.3 is 0 Å². The number of halogens is 2. The number of epoxide rings is 1. The Morgan fingerprint density at radius 3 is 2.43 bits per heavy atom. The number of hydrogen-bond donors (Lipinski definition) is 4. The molecule has 4 saturated heterocycles. The van der Waals surface area contributed by atoms with Gasteiger partial charge in [0.15, 0.2) is 11.5 Å². The van der Waals surface area contributed by atoms with Crippen molar-refractivity contribution < 1.29 is 27.9 Å². The van der Waals surface area contributed by atoms with Gasteiger partial charge in [-0.3, -0.25) is 24.6 Å². The van der Waals surface area contributed by atoms with E-state index in [0.29, 0.717) is 42.0 Å². The molecule has 13 nitrogen and oxygen atoms in total. The second-order valence-corrected chi connectivity index (χ2v) is 17.9. The fourth-order valence-corrected chi connectivity index (χ4v) is 10.3. The lowest BCUT2D eigenvalue weighted by Crippen LogP contribution is -2.67. The molecule has 2 atom stereocenters. The van der Waals surface area contributed by atoms with Gasteiger partial charge in [-0.2, -0.15) is 0 Å². The molecule has 10 rings (SSSR count). The number of nitrogens with one attached hydrogen (secondary N) is 4. The molecule has 0 bridgehead atoms. The number of imide groups is 1. The Hall–Kier alpha value is -5.41. The average molecular weight is 820 g/mol. The summed E-state index contributed by atoms with van der Waals surface area (Å²) in [5, 5.41) is 12.2. The molecule has 2 aromatic carbocycles. The predicted octanol–water partition coefficient (Wildman–Crippen LogP) is 5.48. The van der Waals surface area contributed by atoms with Crippen molar-refractivity contribution in [3.63, 3.8) is 0 Å². The van der Waals surface area contributed by atoms with Gasteiger partial charge in [0.2, 0.25) is 23.7 Å². The first-order valence-corrected chi connectivity index (χ1v) is 21.5. The molecule has 314 valence electrons. The lowest BCUT2D eigenvalue weighted by Gasteiger charge is -2.61. The lowest BCUT2D eigenvalue weighted by molar-refractivity contribution is -0.150. The highest BCUT2D eigenvalue weighted by Crippen LogP contribution is 2.53. The number of carbonyl (C=O) groups excluding carboxylic acids is 3. The maximum Gasteiger partial charge on any atom is 0.249 e. The molecule has 2 saturated carbocycles. The van der Waals surface area contributed by atoms with Crippen LogP contribution in [-0.4, -0.2) is 95.3 Å². The van der Waals surface area contributed by atoms with Crippen LogP contribution in [0.3, 0.4) is 0 Å². The maximum absolute atomic E-state index is 15.2. The largest absolute Gasteiger partial charge is 0.374 e. The molecular formula is C45H51F2N9O4. The van der Waals surface area contributed by atoms with E-state index in [4.69, 9.17) is 4.74 Å². The van der Waals surface area contributed by atoms with Gasteiger partial charge in [-0.25, -0.2) is 18.7 Å². The third-order valence-corrected chi connectivity index (χ3v) is 13.8. The molecule has 6 fully saturated rings. The normalized spacial score (nSPS) is 27.7. The number of rotatable bonds is 10. The second-order valence-electron chi connectivity index (χ2n) is 17.9. The summed E-state index contributed by atoms with van der Waals surface area (Å²) in [4.78, 5) is 52.4. The predicted molar refractivity (Wildman–Crippen MR) is 223 cm³/mol. The van der Waals surface area contributed by atoms with E-state index in [2.05, 4.69) is 41.0 Å². The Balaban J connectivity index is 0.643. The van der Waals surface area contributed by atoms with E-state index in [1.165, 1.54) is 12.3 Å². The van der Waals surface area contributed by atoms with E-state index in [0.717, 1.165) is 83.2 Å². The number of allylic oxidation sites excluding steroid dienone is 2. The van der Waals surface area contributed by atoms with Crippen LogP contribution in [-0.2, 0) is 19.1 Å². The smallest absolute Gasteiger partial charge is 0.249 e. The molecule has 2 aliphatic carbocycles. The number of likely N-dealkylation sites (tertiary alicyclic amines) is 1. The zero-order valence-electron chi connectivity index (χ0n) is 33.5. The Morgan fingerprint density at radius 2 is 1.68 bits per heavy atom. The number of nitrogens with zero attached hydrogens (tertiary/aromatic N) is 5. The van der Waals surface area contributed by atoms with Gasteiger partial charge in [0.1, 0.15) is 24.2 Å². The molecule has 7 aliphatic rings. The van der Waals surface area contributed by atoms with Gasteiger partial charge in [0.25, 0.3) is 0 Å². The fourth-order valence-electron chi connectivity index (χ4n) is 10.3. The quantitative estimate of drug-likeness (QED) is 0.153. The molecule has 1 aromatic heterocycles. The standard InChI is InChI=1S/C45H51F2N9O4/c46-35-21-32(49-37-11-13-39(57)52-42(37)59)10-12-38(35)54-18-14-33(15-19-54)55-25-44(26-55)22-29(23-44)41(58)50-30-6-8-31(9-7-30)51-43-48-24-36(47)40(53-43)28-4-3-5-34(20-28)56-17-2-1-16-45(56)27-60-45/h1-5,10,12,16-17,20-21,24,29-31,33,37,49H,6-9,11,13-15,18-19,22-23,25-27H2,(H,50,58)(H,48,51,53)(H,52,57,59). The molecule has 2 spiro atoms. The number of anilines is 4. The highest BCUT2D eigenvalue weighted by Gasteiger charge is 2.55. The zero-order chi connectivity index (χ0) is 41.0. The van der Waals surface area contributed by atoms with Crippen LogP contribution in [0.15, 0.2) is 73.1 Å². The van der Waals surface area contributed by atoms with E-state index >= 15 is 8.78 Å². The molecule has 3 amide bonds. The Labute approximate surface area is 348 Å². The van der Waals surface area contributed by atoms with Crippen molar-refractivity contribution in [2.24, 2.45) is 11.3 Å². The van der Waals surface area contributed by atoms with Crippen LogP contribution in [0, 0.1) is 23.0 Å². The molecule has 15 heteroatoms. The van der Waals surface area contributed by atoms with Gasteiger partial charge < -0.3 is 30.5 Å². The third kappa shape index (κ3) is 7.73. The van der Waals surface area contributed by atoms with Gasteiger partial charge in [-0.15, -0.1) is 0 Å². The van der Waals surface area contributed by atoms with E-state index in [1.54, 1.807) is 12.1 Å². The van der Waals surface area contributed by atoms with Crippen molar-refractivity contribution in [2.45, 2.75) is 94.1 Å². The molecule has 6 heterocycles. The number of aromatic nitrogens is 2. The number of carbonyl (C=O) groups is 3. The van der Waals surface area contributed by atoms with E-state index in [-0.39, 0.29) is 59.1 Å². The molecule has 0 radical (unpaired) electrons. The molecule has 2 unspecified atom stereocenters. The van der Waals surface area contributed by atoms with Crippen LogP contribution in [0.5, 0.6) is 0 Å². The topological polar surface area (TPSA) is 147 Å². The lowest BCUT2D eigenvalue weighted by atomic mass is 9.57. The van der Waals surface area contributed by atoms with Crippen molar-refractivity contribution >= 4 is 40.7 Å². The second kappa shape index (κ2) is 15.6. The summed E-state index contributed by atoms with van der Waals surface area (Å²) < 4.78 is 36.0. The first-order valence-electron chi connectivity index (χ1n) is 21.5. The Kier molecular flexibility index (Phi) is 10.1. The first kappa shape index (κ1) is 38.8. The third-order valence-electron chi connectivity index (χ3n) is 13.8. The highest BCUT2D eigenvalue weighted by atomic mass is 19.1. The maximum atomic E-state index is 15.2. The van der Waals surface area contributed by atoms with E-state index in [9.17, 15) is 14.4 Å². The Morgan fingerprint density at radius 1 is 0.900 bits per heavy atom. The average Bonchev–Trinajstić information content (AvgIpc) is 3.99. The van der Waals surface area contributed by atoms with Crippen molar-refractivity contribution in [3.05, 3.63) is 84.7 Å². The van der Waals surface area contributed by atoms with Crippen molar-refractivity contribution in [1.82, 2.24) is 25.5 Å². The Bertz CT molecular complexity index is 2220. The number of hydrogen-bond acceptors (Lipinski definition) is 11. The summed E-state index contributed by atoms with van der Waals surface area (Å²) in [6, 6.07) is 12.8. The van der Waals surface area contributed by atoms with Crippen LogP contribution < -0.4 is 31.1 Å². The molecule has 3 aromatic rings.